The fraction of sp³-hybridized carbons (Fsp3) is 0.333. The van der Waals surface area contributed by atoms with Gasteiger partial charge in [-0.05, 0) is 74.8 Å². The number of carbonyl (C=O) groups is 1. The lowest BCUT2D eigenvalue weighted by molar-refractivity contribution is -0.121. The number of hydrogen-bond acceptors (Lipinski definition) is 4. The summed E-state index contributed by atoms with van der Waals surface area (Å²) in [6.45, 7) is 5.80. The summed E-state index contributed by atoms with van der Waals surface area (Å²) in [4.78, 5) is 21.7. The molecule has 3 aromatic rings. The van der Waals surface area contributed by atoms with Crippen molar-refractivity contribution in [3.8, 4) is 11.5 Å². The van der Waals surface area contributed by atoms with Gasteiger partial charge in [0.2, 0.25) is 5.91 Å². The zero-order chi connectivity index (χ0) is 26.0. The highest BCUT2D eigenvalue weighted by molar-refractivity contribution is 5.96. The highest BCUT2D eigenvalue weighted by atomic mass is 16.5. The molecular formula is C30H37N5O2. The van der Waals surface area contributed by atoms with E-state index >= 15 is 0 Å². The van der Waals surface area contributed by atoms with E-state index in [2.05, 4.69) is 15.2 Å². The maximum Gasteiger partial charge on any atom is 0.222 e. The van der Waals surface area contributed by atoms with E-state index in [1.807, 2.05) is 90.7 Å². The molecule has 1 unspecified atom stereocenters. The van der Waals surface area contributed by atoms with Gasteiger partial charge in [-0.2, -0.15) is 0 Å². The van der Waals surface area contributed by atoms with Gasteiger partial charge in [-0.25, -0.2) is 0 Å². The third-order valence-corrected chi connectivity index (χ3v) is 6.67. The summed E-state index contributed by atoms with van der Waals surface area (Å²) in [5.74, 6) is 1.82. The minimum absolute atomic E-state index is 0.0127. The van der Waals surface area contributed by atoms with Crippen LogP contribution < -0.4 is 20.7 Å². The molecule has 1 aliphatic heterocycles. The van der Waals surface area contributed by atoms with Crippen LogP contribution >= 0.6 is 0 Å². The Balaban J connectivity index is 1.52. The second-order valence-electron chi connectivity index (χ2n) is 9.39. The lowest BCUT2D eigenvalue weighted by Gasteiger charge is -2.33. The Kier molecular flexibility index (Phi) is 9.16. The predicted octanol–water partition coefficient (Wildman–Crippen LogP) is 4.88. The molecule has 37 heavy (non-hydrogen) atoms. The Labute approximate surface area is 219 Å². The fourth-order valence-corrected chi connectivity index (χ4v) is 4.64. The number of guanidine groups is 1. The van der Waals surface area contributed by atoms with E-state index in [4.69, 9.17) is 10.5 Å². The van der Waals surface area contributed by atoms with Gasteiger partial charge in [0.05, 0.1) is 12.5 Å². The molecule has 0 spiro atoms. The van der Waals surface area contributed by atoms with Crippen molar-refractivity contribution in [2.45, 2.75) is 32.2 Å². The van der Waals surface area contributed by atoms with Crippen LogP contribution in [-0.4, -0.2) is 50.0 Å². The molecule has 3 aromatic carbocycles. The molecule has 194 valence electrons. The molecule has 0 bridgehead atoms. The molecule has 0 aromatic heterocycles. The molecule has 1 fully saturated rings. The molecular weight excluding hydrogens is 462 g/mol. The SMILES string of the molecule is CN=C(N)N(c1ccc(Oc2ccc(C)cc2)cc1)C(CC(=O)NCCN1CCCC1)c1ccccc1. The van der Waals surface area contributed by atoms with E-state index in [1.54, 1.807) is 7.05 Å². The number of carbonyl (C=O) groups excluding carboxylic acids is 1. The molecule has 0 aliphatic carbocycles. The fourth-order valence-electron chi connectivity index (χ4n) is 4.64. The third kappa shape index (κ3) is 7.33. The highest BCUT2D eigenvalue weighted by Gasteiger charge is 2.26. The van der Waals surface area contributed by atoms with Crippen molar-refractivity contribution in [3.05, 3.63) is 90.0 Å². The number of anilines is 1. The number of hydrogen-bond donors (Lipinski definition) is 2. The number of aryl methyl sites for hydroxylation is 1. The standard InChI is InChI=1S/C30H37N5O2/c1-23-10-14-26(15-11-23)37-27-16-12-25(13-17-27)35(30(31)32-2)28(24-8-4-3-5-9-24)22-29(36)33-18-21-34-19-6-7-20-34/h3-5,8-17,28H,6-7,18-22H2,1-2H3,(H2,31,32)(H,33,36). The summed E-state index contributed by atoms with van der Waals surface area (Å²) in [5.41, 5.74) is 9.43. The van der Waals surface area contributed by atoms with Gasteiger partial charge in [0.15, 0.2) is 5.96 Å². The van der Waals surface area contributed by atoms with E-state index in [0.717, 1.165) is 42.4 Å². The predicted molar refractivity (Wildman–Crippen MR) is 150 cm³/mol. The Morgan fingerprint density at radius 1 is 1.00 bits per heavy atom. The largest absolute Gasteiger partial charge is 0.457 e. The first-order valence-electron chi connectivity index (χ1n) is 12.9. The number of nitrogens with zero attached hydrogens (tertiary/aromatic N) is 3. The van der Waals surface area contributed by atoms with E-state index in [-0.39, 0.29) is 18.4 Å². The number of aliphatic imine (C=N–C) groups is 1. The Hall–Kier alpha value is -3.84. The van der Waals surface area contributed by atoms with E-state index in [0.29, 0.717) is 12.5 Å². The smallest absolute Gasteiger partial charge is 0.222 e. The third-order valence-electron chi connectivity index (χ3n) is 6.67. The van der Waals surface area contributed by atoms with Gasteiger partial charge in [0.1, 0.15) is 11.5 Å². The number of benzene rings is 3. The number of rotatable bonds is 10. The molecule has 7 nitrogen and oxygen atoms in total. The molecule has 1 amide bonds. The van der Waals surface area contributed by atoms with Crippen LogP contribution in [0.5, 0.6) is 11.5 Å². The second-order valence-corrected chi connectivity index (χ2v) is 9.39. The first-order chi connectivity index (χ1) is 18.0. The van der Waals surface area contributed by atoms with Gasteiger partial charge in [-0.1, -0.05) is 48.0 Å². The van der Waals surface area contributed by atoms with E-state index < -0.39 is 0 Å². The van der Waals surface area contributed by atoms with Gasteiger partial charge in [0.25, 0.3) is 0 Å². The summed E-state index contributed by atoms with van der Waals surface area (Å²) in [6.07, 6.45) is 2.73. The summed E-state index contributed by atoms with van der Waals surface area (Å²) in [5, 5.41) is 3.11. The monoisotopic (exact) mass is 499 g/mol. The van der Waals surface area contributed by atoms with Crippen molar-refractivity contribution in [2.75, 3.05) is 38.1 Å². The number of nitrogens with one attached hydrogen (secondary N) is 1. The van der Waals surface area contributed by atoms with Gasteiger partial charge in [-0.3, -0.25) is 9.79 Å². The van der Waals surface area contributed by atoms with E-state index in [9.17, 15) is 4.79 Å². The Bertz CT molecular complexity index is 1160. The molecule has 1 saturated heterocycles. The zero-order valence-corrected chi connectivity index (χ0v) is 21.8. The number of nitrogens with two attached hydrogens (primary N) is 1. The average Bonchev–Trinajstić information content (AvgIpc) is 3.44. The van der Waals surface area contributed by atoms with Gasteiger partial charge >= 0.3 is 0 Å². The summed E-state index contributed by atoms with van der Waals surface area (Å²) < 4.78 is 6.00. The lowest BCUT2D eigenvalue weighted by Crippen LogP contribution is -2.43. The number of ether oxygens (including phenoxy) is 1. The maximum absolute atomic E-state index is 13.1. The minimum atomic E-state index is -0.319. The van der Waals surface area contributed by atoms with Crippen LogP contribution in [0.3, 0.4) is 0 Å². The zero-order valence-electron chi connectivity index (χ0n) is 21.8. The molecule has 0 radical (unpaired) electrons. The van der Waals surface area contributed by atoms with Gasteiger partial charge < -0.3 is 25.6 Å². The van der Waals surface area contributed by atoms with Crippen LogP contribution in [0.25, 0.3) is 0 Å². The minimum Gasteiger partial charge on any atom is -0.457 e. The van der Waals surface area contributed by atoms with Crippen LogP contribution in [0, 0.1) is 6.92 Å². The number of amides is 1. The molecule has 1 aliphatic rings. The van der Waals surface area contributed by atoms with Crippen LogP contribution in [0.4, 0.5) is 5.69 Å². The van der Waals surface area contributed by atoms with E-state index in [1.165, 1.54) is 18.4 Å². The molecule has 1 heterocycles. The summed E-state index contributed by atoms with van der Waals surface area (Å²) in [7, 11) is 1.66. The summed E-state index contributed by atoms with van der Waals surface area (Å²) in [6, 6.07) is 25.3. The van der Waals surface area contributed by atoms with Crippen LogP contribution in [0.15, 0.2) is 83.9 Å². The molecule has 0 saturated carbocycles. The number of likely N-dealkylation sites (tertiary alicyclic amines) is 1. The van der Waals surface area contributed by atoms with Crippen molar-refractivity contribution >= 4 is 17.6 Å². The van der Waals surface area contributed by atoms with Crippen LogP contribution in [0.1, 0.15) is 36.4 Å². The molecule has 7 heteroatoms. The molecule has 3 N–H and O–H groups in total. The molecule has 1 atom stereocenters. The van der Waals surface area contributed by atoms with Crippen molar-refractivity contribution in [1.82, 2.24) is 10.2 Å². The Morgan fingerprint density at radius 3 is 2.24 bits per heavy atom. The quantitative estimate of drug-likeness (QED) is 0.307. The van der Waals surface area contributed by atoms with Crippen LogP contribution in [-0.2, 0) is 4.79 Å². The van der Waals surface area contributed by atoms with Crippen molar-refractivity contribution in [1.29, 1.82) is 0 Å². The van der Waals surface area contributed by atoms with Gasteiger partial charge in [-0.15, -0.1) is 0 Å². The topological polar surface area (TPSA) is 83.2 Å². The van der Waals surface area contributed by atoms with Crippen molar-refractivity contribution < 1.29 is 9.53 Å². The first kappa shape index (κ1) is 26.2. The first-order valence-corrected chi connectivity index (χ1v) is 12.9. The average molecular weight is 500 g/mol. The second kappa shape index (κ2) is 12.9. The normalized spacial score (nSPS) is 14.8. The van der Waals surface area contributed by atoms with Gasteiger partial charge in [0, 0.05) is 25.8 Å². The highest BCUT2D eigenvalue weighted by Crippen LogP contribution is 2.32. The lowest BCUT2D eigenvalue weighted by atomic mass is 10.0. The van der Waals surface area contributed by atoms with Crippen LogP contribution in [0.2, 0.25) is 0 Å². The molecule has 4 rings (SSSR count). The Morgan fingerprint density at radius 2 is 1.62 bits per heavy atom. The summed E-state index contributed by atoms with van der Waals surface area (Å²) >= 11 is 0. The van der Waals surface area contributed by atoms with Crippen molar-refractivity contribution in [3.63, 3.8) is 0 Å². The van der Waals surface area contributed by atoms with Crippen molar-refractivity contribution in [2.24, 2.45) is 10.7 Å². The maximum atomic E-state index is 13.1.